The molecule has 0 spiro atoms. The molecule has 1 aliphatic heterocycles. The lowest BCUT2D eigenvalue weighted by molar-refractivity contribution is 0.176. The molecule has 2 fully saturated rings. The van der Waals surface area contributed by atoms with Crippen LogP contribution in [0.1, 0.15) is 39.0 Å². The van der Waals surface area contributed by atoms with Crippen molar-refractivity contribution in [3.63, 3.8) is 0 Å². The van der Waals surface area contributed by atoms with E-state index in [0.717, 1.165) is 32.4 Å². The van der Waals surface area contributed by atoms with Gasteiger partial charge in [-0.15, -0.1) is 0 Å². The molecular weight excluding hydrogens is 204 g/mol. The van der Waals surface area contributed by atoms with E-state index in [9.17, 15) is 4.79 Å². The van der Waals surface area contributed by atoms with Gasteiger partial charge in [-0.2, -0.15) is 0 Å². The molecule has 1 heterocycles. The van der Waals surface area contributed by atoms with E-state index in [0.29, 0.717) is 12.6 Å². The maximum atomic E-state index is 12.0. The molecule has 0 aromatic heterocycles. The summed E-state index contributed by atoms with van der Waals surface area (Å²) in [5.41, 5.74) is 0. The minimum absolute atomic E-state index is 0.117. The van der Waals surface area contributed by atoms with Crippen LogP contribution < -0.4 is 5.32 Å². The number of rotatable bonds is 5. The van der Waals surface area contributed by atoms with Crippen molar-refractivity contribution in [3.8, 4) is 0 Å². The average Bonchev–Trinajstić information content (AvgIpc) is 2.98. The first kappa shape index (κ1) is 11.7. The van der Waals surface area contributed by atoms with Gasteiger partial charge in [0.15, 0.2) is 0 Å². The molecular formula is C12H22N2O2. The lowest BCUT2D eigenvalue weighted by Gasteiger charge is -2.24. The molecule has 1 saturated heterocycles. The summed E-state index contributed by atoms with van der Waals surface area (Å²) in [5.74, 6) is 0. The van der Waals surface area contributed by atoms with Crippen molar-refractivity contribution in [1.82, 2.24) is 10.2 Å². The second-order valence-electron chi connectivity index (χ2n) is 4.79. The van der Waals surface area contributed by atoms with Crippen molar-refractivity contribution in [1.29, 1.82) is 0 Å². The Bertz CT molecular complexity index is 235. The van der Waals surface area contributed by atoms with Crippen LogP contribution in [0.4, 0.5) is 4.79 Å². The van der Waals surface area contributed by atoms with Gasteiger partial charge >= 0.3 is 6.03 Å². The Balaban J connectivity index is 1.78. The highest BCUT2D eigenvalue weighted by Crippen LogP contribution is 2.27. The summed E-state index contributed by atoms with van der Waals surface area (Å²) in [4.78, 5) is 14.1. The number of unbranched alkanes of at least 4 members (excludes halogenated alkanes) is 1. The van der Waals surface area contributed by atoms with Gasteiger partial charge in [-0.1, -0.05) is 13.3 Å². The molecule has 1 unspecified atom stereocenters. The van der Waals surface area contributed by atoms with Crippen molar-refractivity contribution >= 4 is 6.03 Å². The highest BCUT2D eigenvalue weighted by atomic mass is 16.5. The fraction of sp³-hybridized carbons (Fsp3) is 0.917. The van der Waals surface area contributed by atoms with E-state index < -0.39 is 0 Å². The Morgan fingerprint density at radius 2 is 2.25 bits per heavy atom. The Morgan fingerprint density at radius 3 is 2.81 bits per heavy atom. The number of carbonyl (C=O) groups is 1. The van der Waals surface area contributed by atoms with Gasteiger partial charge in [0.2, 0.25) is 0 Å². The van der Waals surface area contributed by atoms with Gasteiger partial charge in [-0.05, 0) is 25.7 Å². The van der Waals surface area contributed by atoms with Crippen molar-refractivity contribution in [2.75, 3.05) is 19.8 Å². The number of hydrogen-bond acceptors (Lipinski definition) is 2. The zero-order valence-corrected chi connectivity index (χ0v) is 10.1. The molecule has 2 aliphatic rings. The zero-order chi connectivity index (χ0) is 11.4. The minimum Gasteiger partial charge on any atom is -0.379 e. The number of urea groups is 1. The Kier molecular flexibility index (Phi) is 4.04. The SMILES string of the molecule is CCCCN(C(=O)NC1CCOC1)C1CC1. The highest BCUT2D eigenvalue weighted by molar-refractivity contribution is 5.75. The third-order valence-corrected chi connectivity index (χ3v) is 3.26. The predicted octanol–water partition coefficient (Wildman–Crippen LogP) is 1.75. The number of nitrogens with one attached hydrogen (secondary N) is 1. The molecule has 1 N–H and O–H groups in total. The van der Waals surface area contributed by atoms with Crippen LogP contribution in [-0.2, 0) is 4.74 Å². The molecule has 4 heteroatoms. The molecule has 0 radical (unpaired) electrons. The van der Waals surface area contributed by atoms with Gasteiger partial charge in [0.25, 0.3) is 0 Å². The highest BCUT2D eigenvalue weighted by Gasteiger charge is 2.33. The molecule has 2 amide bonds. The van der Waals surface area contributed by atoms with E-state index in [2.05, 4.69) is 12.2 Å². The lowest BCUT2D eigenvalue weighted by Crippen LogP contribution is -2.46. The molecule has 1 saturated carbocycles. The van der Waals surface area contributed by atoms with Gasteiger partial charge < -0.3 is 15.0 Å². The summed E-state index contributed by atoms with van der Waals surface area (Å²) in [6.07, 6.45) is 5.56. The molecule has 0 aromatic carbocycles. The van der Waals surface area contributed by atoms with Gasteiger partial charge in [0.1, 0.15) is 0 Å². The van der Waals surface area contributed by atoms with Crippen LogP contribution in [-0.4, -0.2) is 42.8 Å². The third kappa shape index (κ3) is 3.11. The van der Waals surface area contributed by atoms with Crippen LogP contribution in [0.25, 0.3) is 0 Å². The second kappa shape index (κ2) is 5.53. The van der Waals surface area contributed by atoms with E-state index in [1.165, 1.54) is 12.8 Å². The number of nitrogens with zero attached hydrogens (tertiary/aromatic N) is 1. The third-order valence-electron chi connectivity index (χ3n) is 3.26. The standard InChI is InChI=1S/C12H22N2O2/c1-2-3-7-14(11-4-5-11)12(15)13-10-6-8-16-9-10/h10-11H,2-9H2,1H3,(H,13,15). The normalized spacial score (nSPS) is 24.4. The van der Waals surface area contributed by atoms with Crippen LogP contribution >= 0.6 is 0 Å². The van der Waals surface area contributed by atoms with Crippen LogP contribution in [0, 0.1) is 0 Å². The van der Waals surface area contributed by atoms with Crippen molar-refractivity contribution in [3.05, 3.63) is 0 Å². The summed E-state index contributed by atoms with van der Waals surface area (Å²) in [6.45, 7) is 4.52. The molecule has 0 aromatic rings. The van der Waals surface area contributed by atoms with E-state index in [4.69, 9.17) is 4.74 Å². The maximum Gasteiger partial charge on any atom is 0.317 e. The van der Waals surface area contributed by atoms with Gasteiger partial charge in [0, 0.05) is 19.2 Å². The number of ether oxygens (including phenoxy) is 1. The molecule has 2 rings (SSSR count). The quantitative estimate of drug-likeness (QED) is 0.776. The van der Waals surface area contributed by atoms with E-state index >= 15 is 0 Å². The summed E-state index contributed by atoms with van der Waals surface area (Å²) in [5, 5.41) is 3.07. The zero-order valence-electron chi connectivity index (χ0n) is 10.1. The summed E-state index contributed by atoms with van der Waals surface area (Å²) in [7, 11) is 0. The maximum absolute atomic E-state index is 12.0. The van der Waals surface area contributed by atoms with E-state index in [1.54, 1.807) is 0 Å². The van der Waals surface area contributed by atoms with Gasteiger partial charge in [-0.3, -0.25) is 0 Å². The Morgan fingerprint density at radius 1 is 1.44 bits per heavy atom. The van der Waals surface area contributed by atoms with Gasteiger partial charge in [0.05, 0.1) is 12.6 Å². The van der Waals surface area contributed by atoms with Crippen molar-refractivity contribution < 1.29 is 9.53 Å². The second-order valence-corrected chi connectivity index (χ2v) is 4.79. The van der Waals surface area contributed by atoms with E-state index in [1.807, 2.05) is 4.90 Å². The summed E-state index contributed by atoms with van der Waals surface area (Å²) in [6, 6.07) is 0.857. The first-order valence-corrected chi connectivity index (χ1v) is 6.46. The average molecular weight is 226 g/mol. The molecule has 1 atom stereocenters. The lowest BCUT2D eigenvalue weighted by atomic mass is 10.2. The fourth-order valence-electron chi connectivity index (χ4n) is 2.07. The van der Waals surface area contributed by atoms with Crippen LogP contribution in [0.3, 0.4) is 0 Å². The van der Waals surface area contributed by atoms with E-state index in [-0.39, 0.29) is 12.1 Å². The van der Waals surface area contributed by atoms with Crippen molar-refractivity contribution in [2.24, 2.45) is 0 Å². The van der Waals surface area contributed by atoms with Crippen LogP contribution in [0.5, 0.6) is 0 Å². The molecule has 16 heavy (non-hydrogen) atoms. The topological polar surface area (TPSA) is 41.6 Å². The minimum atomic E-state index is 0.117. The van der Waals surface area contributed by atoms with Crippen LogP contribution in [0.15, 0.2) is 0 Å². The summed E-state index contributed by atoms with van der Waals surface area (Å²) >= 11 is 0. The van der Waals surface area contributed by atoms with Crippen LogP contribution in [0.2, 0.25) is 0 Å². The van der Waals surface area contributed by atoms with Gasteiger partial charge in [-0.25, -0.2) is 4.79 Å². The fourth-order valence-corrected chi connectivity index (χ4v) is 2.07. The smallest absolute Gasteiger partial charge is 0.317 e. The van der Waals surface area contributed by atoms with Crippen molar-refractivity contribution in [2.45, 2.75) is 51.1 Å². The largest absolute Gasteiger partial charge is 0.379 e. The summed E-state index contributed by atoms with van der Waals surface area (Å²) < 4.78 is 5.26. The predicted molar refractivity (Wildman–Crippen MR) is 62.4 cm³/mol. The Hall–Kier alpha value is -0.770. The monoisotopic (exact) mass is 226 g/mol. The number of hydrogen-bond donors (Lipinski definition) is 1. The molecule has 92 valence electrons. The Labute approximate surface area is 97.3 Å². The molecule has 4 nitrogen and oxygen atoms in total. The number of carbonyl (C=O) groups excluding carboxylic acids is 1. The first-order valence-electron chi connectivity index (χ1n) is 6.46. The number of amides is 2. The molecule has 1 aliphatic carbocycles. The molecule has 0 bridgehead atoms. The first-order chi connectivity index (χ1) is 7.81.